The molecule has 1 rings (SSSR count). The van der Waals surface area contributed by atoms with Crippen molar-refractivity contribution in [2.75, 3.05) is 0 Å². The molecule has 0 bridgehead atoms. The fourth-order valence-electron chi connectivity index (χ4n) is 1.21. The second kappa shape index (κ2) is 5.30. The van der Waals surface area contributed by atoms with E-state index < -0.39 is 0 Å². The van der Waals surface area contributed by atoms with E-state index in [-0.39, 0.29) is 0 Å². The third-order valence-electron chi connectivity index (χ3n) is 2.20. The van der Waals surface area contributed by atoms with Gasteiger partial charge in [-0.05, 0) is 37.8 Å². The Morgan fingerprint density at radius 2 is 2.29 bits per heavy atom. The Hall–Kier alpha value is -0.630. The van der Waals surface area contributed by atoms with Crippen molar-refractivity contribution >= 4 is 11.8 Å². The molecule has 1 aromatic rings. The number of furan rings is 1. The fourth-order valence-corrected chi connectivity index (χ4v) is 2.14. The lowest BCUT2D eigenvalue weighted by Gasteiger charge is -2.07. The van der Waals surface area contributed by atoms with E-state index >= 15 is 0 Å². The Morgan fingerprint density at radius 3 is 2.79 bits per heavy atom. The molecule has 1 unspecified atom stereocenters. The van der Waals surface area contributed by atoms with E-state index in [9.17, 15) is 0 Å². The van der Waals surface area contributed by atoms with Crippen molar-refractivity contribution in [3.05, 3.63) is 34.6 Å². The molecule has 0 saturated carbocycles. The van der Waals surface area contributed by atoms with Crippen molar-refractivity contribution in [2.24, 2.45) is 0 Å². The average molecular weight is 210 g/mol. The first-order valence-electron chi connectivity index (χ1n) is 5.05. The standard InChI is InChI=1S/C12H18OS/c1-5-9(3)14-10(4)12-8-7-11(6-2)13-12/h5,7-8,10H,6H2,1-4H3/b9-5+. The molecule has 0 amide bonds. The zero-order valence-electron chi connectivity index (χ0n) is 9.33. The van der Waals surface area contributed by atoms with E-state index in [0.717, 1.165) is 17.9 Å². The first kappa shape index (κ1) is 11.4. The molecule has 78 valence electrons. The van der Waals surface area contributed by atoms with Gasteiger partial charge in [0.05, 0.1) is 5.25 Å². The summed E-state index contributed by atoms with van der Waals surface area (Å²) < 4.78 is 5.69. The lowest BCUT2D eigenvalue weighted by molar-refractivity contribution is 0.472. The predicted molar refractivity (Wildman–Crippen MR) is 63.5 cm³/mol. The number of hydrogen-bond donors (Lipinski definition) is 0. The van der Waals surface area contributed by atoms with Gasteiger partial charge in [0.2, 0.25) is 0 Å². The summed E-state index contributed by atoms with van der Waals surface area (Å²) in [5.41, 5.74) is 0. The van der Waals surface area contributed by atoms with Crippen molar-refractivity contribution < 1.29 is 4.42 Å². The molecule has 0 aromatic carbocycles. The Bertz CT molecular complexity index is 312. The van der Waals surface area contributed by atoms with Crippen LogP contribution in [0, 0.1) is 0 Å². The van der Waals surface area contributed by atoms with Gasteiger partial charge in [0, 0.05) is 6.42 Å². The summed E-state index contributed by atoms with van der Waals surface area (Å²) in [4.78, 5) is 1.34. The van der Waals surface area contributed by atoms with Gasteiger partial charge >= 0.3 is 0 Å². The van der Waals surface area contributed by atoms with Crippen LogP contribution in [0.25, 0.3) is 0 Å². The lowest BCUT2D eigenvalue weighted by atomic mass is 10.3. The van der Waals surface area contributed by atoms with Crippen molar-refractivity contribution in [3.8, 4) is 0 Å². The van der Waals surface area contributed by atoms with Crippen LogP contribution in [0.3, 0.4) is 0 Å². The van der Waals surface area contributed by atoms with Gasteiger partial charge < -0.3 is 4.42 Å². The van der Waals surface area contributed by atoms with Crippen molar-refractivity contribution in [1.29, 1.82) is 0 Å². The molecule has 0 radical (unpaired) electrons. The van der Waals surface area contributed by atoms with Gasteiger partial charge in [-0.25, -0.2) is 0 Å². The number of allylic oxidation sites excluding steroid dienone is 2. The minimum atomic E-state index is 0.409. The first-order valence-corrected chi connectivity index (χ1v) is 5.93. The molecule has 1 nitrogen and oxygen atoms in total. The van der Waals surface area contributed by atoms with Crippen LogP contribution in [0.4, 0.5) is 0 Å². The Kier molecular flexibility index (Phi) is 4.33. The monoisotopic (exact) mass is 210 g/mol. The van der Waals surface area contributed by atoms with Gasteiger partial charge in [0.15, 0.2) is 0 Å². The quantitative estimate of drug-likeness (QED) is 0.722. The van der Waals surface area contributed by atoms with Crippen LogP contribution in [0.1, 0.15) is 44.5 Å². The highest BCUT2D eigenvalue weighted by Crippen LogP contribution is 2.34. The second-order valence-corrected chi connectivity index (χ2v) is 4.90. The highest BCUT2D eigenvalue weighted by Gasteiger charge is 2.10. The molecule has 0 aliphatic heterocycles. The molecule has 0 spiro atoms. The third-order valence-corrected chi connectivity index (χ3v) is 3.39. The Balaban J connectivity index is 2.64. The normalized spacial score (nSPS) is 14.4. The predicted octanol–water partition coefficient (Wildman–Crippen LogP) is 4.56. The van der Waals surface area contributed by atoms with Gasteiger partial charge in [-0.1, -0.05) is 13.0 Å². The smallest absolute Gasteiger partial charge is 0.117 e. The maximum absolute atomic E-state index is 5.69. The van der Waals surface area contributed by atoms with E-state index in [1.807, 2.05) is 11.8 Å². The van der Waals surface area contributed by atoms with Gasteiger partial charge in [-0.15, -0.1) is 11.8 Å². The van der Waals surface area contributed by atoms with Crippen molar-refractivity contribution in [3.63, 3.8) is 0 Å². The van der Waals surface area contributed by atoms with Gasteiger partial charge in [-0.2, -0.15) is 0 Å². The van der Waals surface area contributed by atoms with E-state index in [2.05, 4.69) is 45.9 Å². The zero-order chi connectivity index (χ0) is 10.6. The average Bonchev–Trinajstić information content (AvgIpc) is 2.65. The molecule has 1 heterocycles. The number of thioether (sulfide) groups is 1. The zero-order valence-corrected chi connectivity index (χ0v) is 10.1. The van der Waals surface area contributed by atoms with E-state index in [1.54, 1.807) is 0 Å². The molecule has 0 aliphatic carbocycles. The molecule has 0 N–H and O–H groups in total. The topological polar surface area (TPSA) is 13.1 Å². The molecule has 1 atom stereocenters. The summed E-state index contributed by atoms with van der Waals surface area (Å²) in [6, 6.07) is 4.15. The second-order valence-electron chi connectivity index (χ2n) is 3.32. The SMILES string of the molecule is C/C=C(\C)SC(C)c1ccc(CC)o1. The minimum Gasteiger partial charge on any atom is -0.465 e. The first-order chi connectivity index (χ1) is 6.67. The van der Waals surface area contributed by atoms with Crippen LogP contribution in [0.2, 0.25) is 0 Å². The molecular formula is C12H18OS. The maximum Gasteiger partial charge on any atom is 0.117 e. The van der Waals surface area contributed by atoms with Crippen LogP contribution in [0.15, 0.2) is 27.5 Å². The van der Waals surface area contributed by atoms with Crippen LogP contribution in [-0.2, 0) is 6.42 Å². The summed E-state index contributed by atoms with van der Waals surface area (Å²) in [5, 5.41) is 0.409. The van der Waals surface area contributed by atoms with Crippen LogP contribution in [0.5, 0.6) is 0 Å². The highest BCUT2D eigenvalue weighted by atomic mass is 32.2. The van der Waals surface area contributed by atoms with E-state index in [1.165, 1.54) is 4.91 Å². The summed E-state index contributed by atoms with van der Waals surface area (Å²) in [5.74, 6) is 2.15. The molecular weight excluding hydrogens is 192 g/mol. The molecule has 0 aliphatic rings. The minimum absolute atomic E-state index is 0.409. The van der Waals surface area contributed by atoms with E-state index in [0.29, 0.717) is 5.25 Å². The molecule has 0 fully saturated rings. The summed E-state index contributed by atoms with van der Waals surface area (Å²) in [6.45, 7) is 8.48. The van der Waals surface area contributed by atoms with Gasteiger partial charge in [0.1, 0.15) is 11.5 Å². The van der Waals surface area contributed by atoms with Gasteiger partial charge in [0.25, 0.3) is 0 Å². The molecule has 14 heavy (non-hydrogen) atoms. The maximum atomic E-state index is 5.69. The summed E-state index contributed by atoms with van der Waals surface area (Å²) >= 11 is 1.84. The summed E-state index contributed by atoms with van der Waals surface area (Å²) in [6.07, 6.45) is 3.10. The number of hydrogen-bond acceptors (Lipinski definition) is 2. The Labute approximate surface area is 90.6 Å². The Morgan fingerprint density at radius 1 is 1.57 bits per heavy atom. The fraction of sp³-hybridized carbons (Fsp3) is 0.500. The van der Waals surface area contributed by atoms with E-state index in [4.69, 9.17) is 4.42 Å². The highest BCUT2D eigenvalue weighted by molar-refractivity contribution is 8.03. The van der Waals surface area contributed by atoms with Crippen molar-refractivity contribution in [1.82, 2.24) is 0 Å². The number of rotatable bonds is 4. The van der Waals surface area contributed by atoms with Crippen LogP contribution in [-0.4, -0.2) is 0 Å². The largest absolute Gasteiger partial charge is 0.465 e. The number of aryl methyl sites for hydroxylation is 1. The third kappa shape index (κ3) is 2.95. The van der Waals surface area contributed by atoms with Gasteiger partial charge in [-0.3, -0.25) is 0 Å². The van der Waals surface area contributed by atoms with Crippen molar-refractivity contribution in [2.45, 2.75) is 39.4 Å². The molecule has 0 saturated heterocycles. The molecule has 1 aromatic heterocycles. The van der Waals surface area contributed by atoms with Crippen LogP contribution >= 0.6 is 11.8 Å². The molecule has 2 heteroatoms. The lowest BCUT2D eigenvalue weighted by Crippen LogP contribution is -1.84. The van der Waals surface area contributed by atoms with Crippen LogP contribution < -0.4 is 0 Å². The summed E-state index contributed by atoms with van der Waals surface area (Å²) in [7, 11) is 0.